The van der Waals surface area contributed by atoms with Gasteiger partial charge in [0.15, 0.2) is 5.96 Å². The van der Waals surface area contributed by atoms with Crippen molar-refractivity contribution in [3.05, 3.63) is 36.0 Å². The van der Waals surface area contributed by atoms with Gasteiger partial charge in [0.2, 0.25) is 0 Å². The number of aromatic nitrogens is 1. The topological polar surface area (TPSA) is 72.4 Å². The fraction of sp³-hybridized carbons (Fsp3) is 0.571. The van der Waals surface area contributed by atoms with Gasteiger partial charge in [0, 0.05) is 43.3 Å². The number of nitrogens with one attached hydrogen (secondary N) is 3. The minimum absolute atomic E-state index is 0. The van der Waals surface area contributed by atoms with E-state index >= 15 is 0 Å². The number of hydrogen-bond donors (Lipinski definition) is 4. The van der Waals surface area contributed by atoms with E-state index in [-0.39, 0.29) is 30.6 Å². The van der Waals surface area contributed by atoms with Crippen molar-refractivity contribution in [2.24, 2.45) is 10.9 Å². The second kappa shape index (κ2) is 13.8. The number of aliphatic imine (C=N–C) groups is 1. The predicted octanol–water partition coefficient (Wildman–Crippen LogP) is 4.07. The van der Waals surface area contributed by atoms with Crippen LogP contribution in [-0.4, -0.2) is 42.3 Å². The summed E-state index contributed by atoms with van der Waals surface area (Å²) in [6, 6.07) is 8.44. The zero-order valence-electron chi connectivity index (χ0n) is 16.6. The Labute approximate surface area is 180 Å². The molecule has 0 fully saturated rings. The molecule has 27 heavy (non-hydrogen) atoms. The van der Waals surface area contributed by atoms with Crippen molar-refractivity contribution >= 4 is 40.8 Å². The number of hydrogen-bond acceptors (Lipinski definition) is 2. The van der Waals surface area contributed by atoms with Gasteiger partial charge in [0.05, 0.1) is 0 Å². The zero-order chi connectivity index (χ0) is 18.6. The van der Waals surface area contributed by atoms with Crippen molar-refractivity contribution in [2.45, 2.75) is 46.0 Å². The maximum absolute atomic E-state index is 9.19. The number of aryl methyl sites for hydroxylation is 1. The van der Waals surface area contributed by atoms with Crippen LogP contribution in [0.3, 0.4) is 0 Å². The molecule has 1 atom stereocenters. The standard InChI is InChI=1S/C21H34N4O.HI/c1-3-8-17(12-14-26)15-25-21(22-4-2)23-13-7-9-18-16-24-20-11-6-5-10-19(18)20;/h5-6,10-11,16-17,24,26H,3-4,7-9,12-15H2,1-2H3,(H2,22,23,25);1H. The molecule has 2 rings (SSSR count). The highest BCUT2D eigenvalue weighted by Gasteiger charge is 2.07. The molecule has 4 N–H and O–H groups in total. The maximum Gasteiger partial charge on any atom is 0.191 e. The molecular formula is C21H35IN4O. The molecule has 0 amide bonds. The third-order valence-corrected chi connectivity index (χ3v) is 4.68. The second-order valence-corrected chi connectivity index (χ2v) is 6.78. The lowest BCUT2D eigenvalue weighted by Crippen LogP contribution is -2.38. The number of H-pyrrole nitrogens is 1. The van der Waals surface area contributed by atoms with E-state index in [0.29, 0.717) is 5.92 Å². The number of fused-ring (bicyclic) bond motifs is 1. The van der Waals surface area contributed by atoms with Crippen LogP contribution < -0.4 is 10.6 Å². The fourth-order valence-electron chi connectivity index (χ4n) is 3.30. The minimum atomic E-state index is 0. The molecule has 152 valence electrons. The van der Waals surface area contributed by atoms with Crippen LogP contribution in [0.4, 0.5) is 0 Å². The number of rotatable bonds is 11. The third kappa shape index (κ3) is 8.09. The van der Waals surface area contributed by atoms with Crippen LogP contribution >= 0.6 is 24.0 Å². The molecule has 1 aromatic heterocycles. The Morgan fingerprint density at radius 3 is 2.74 bits per heavy atom. The predicted molar refractivity (Wildman–Crippen MR) is 126 cm³/mol. The summed E-state index contributed by atoms with van der Waals surface area (Å²) in [5.74, 6) is 1.34. The molecule has 1 heterocycles. The smallest absolute Gasteiger partial charge is 0.191 e. The van der Waals surface area contributed by atoms with E-state index in [1.54, 1.807) is 0 Å². The summed E-state index contributed by atoms with van der Waals surface area (Å²) in [7, 11) is 0. The maximum atomic E-state index is 9.19. The second-order valence-electron chi connectivity index (χ2n) is 6.78. The van der Waals surface area contributed by atoms with E-state index < -0.39 is 0 Å². The fourth-order valence-corrected chi connectivity index (χ4v) is 3.30. The summed E-state index contributed by atoms with van der Waals surface area (Å²) >= 11 is 0. The van der Waals surface area contributed by atoms with Gasteiger partial charge < -0.3 is 20.7 Å². The van der Waals surface area contributed by atoms with Crippen LogP contribution in [0.15, 0.2) is 35.5 Å². The molecule has 0 aliphatic rings. The van der Waals surface area contributed by atoms with Crippen LogP contribution in [0.5, 0.6) is 0 Å². The van der Waals surface area contributed by atoms with Crippen LogP contribution in [-0.2, 0) is 6.42 Å². The average Bonchev–Trinajstić information content (AvgIpc) is 3.06. The summed E-state index contributed by atoms with van der Waals surface area (Å²) in [6.07, 6.45) is 7.30. The largest absolute Gasteiger partial charge is 0.396 e. The number of aliphatic hydroxyl groups excluding tert-OH is 1. The van der Waals surface area contributed by atoms with E-state index in [9.17, 15) is 5.11 Å². The molecule has 6 heteroatoms. The molecule has 0 saturated carbocycles. The lowest BCUT2D eigenvalue weighted by Gasteiger charge is -2.15. The van der Waals surface area contributed by atoms with Gasteiger partial charge in [-0.25, -0.2) is 0 Å². The van der Waals surface area contributed by atoms with E-state index in [4.69, 9.17) is 4.99 Å². The van der Waals surface area contributed by atoms with Crippen molar-refractivity contribution in [1.29, 1.82) is 0 Å². The van der Waals surface area contributed by atoms with E-state index in [0.717, 1.165) is 57.7 Å². The van der Waals surface area contributed by atoms with E-state index in [1.807, 2.05) is 0 Å². The minimum Gasteiger partial charge on any atom is -0.396 e. The molecule has 0 radical (unpaired) electrons. The van der Waals surface area contributed by atoms with Gasteiger partial charge >= 0.3 is 0 Å². The van der Waals surface area contributed by atoms with Crippen LogP contribution in [0, 0.1) is 5.92 Å². The Morgan fingerprint density at radius 2 is 2.00 bits per heavy atom. The first kappa shape index (κ1) is 23.8. The summed E-state index contributed by atoms with van der Waals surface area (Å²) < 4.78 is 0. The van der Waals surface area contributed by atoms with Gasteiger partial charge in [-0.15, -0.1) is 24.0 Å². The average molecular weight is 486 g/mol. The van der Waals surface area contributed by atoms with Gasteiger partial charge in [-0.2, -0.15) is 0 Å². The third-order valence-electron chi connectivity index (χ3n) is 4.68. The van der Waals surface area contributed by atoms with Crippen molar-refractivity contribution in [2.75, 3.05) is 26.2 Å². The van der Waals surface area contributed by atoms with E-state index in [1.165, 1.54) is 16.5 Å². The Balaban J connectivity index is 0.00000364. The van der Waals surface area contributed by atoms with Crippen LogP contribution in [0.25, 0.3) is 10.9 Å². The number of para-hydroxylation sites is 1. The number of aliphatic hydroxyl groups is 1. The SMILES string of the molecule is CCCC(CCO)CN=C(NCC)NCCCc1c[nH]c2ccccc12.I. The highest BCUT2D eigenvalue weighted by atomic mass is 127. The first-order valence-corrected chi connectivity index (χ1v) is 9.96. The van der Waals surface area contributed by atoms with Gasteiger partial charge in [-0.3, -0.25) is 4.99 Å². The molecule has 5 nitrogen and oxygen atoms in total. The quantitative estimate of drug-likeness (QED) is 0.168. The molecule has 0 saturated heterocycles. The summed E-state index contributed by atoms with van der Waals surface area (Å²) in [5, 5.41) is 17.3. The number of guanidine groups is 1. The number of halogens is 1. The van der Waals surface area contributed by atoms with E-state index in [2.05, 4.69) is 59.9 Å². The van der Waals surface area contributed by atoms with Crippen LogP contribution in [0.2, 0.25) is 0 Å². The molecule has 0 bridgehead atoms. The van der Waals surface area contributed by atoms with Crippen molar-refractivity contribution in [3.63, 3.8) is 0 Å². The summed E-state index contributed by atoms with van der Waals surface area (Å²) in [6.45, 7) is 7.03. The monoisotopic (exact) mass is 486 g/mol. The van der Waals surface area contributed by atoms with Crippen molar-refractivity contribution in [1.82, 2.24) is 15.6 Å². The molecule has 0 aliphatic heterocycles. The molecule has 1 aromatic carbocycles. The molecule has 0 aliphatic carbocycles. The summed E-state index contributed by atoms with van der Waals surface area (Å²) in [4.78, 5) is 8.05. The van der Waals surface area contributed by atoms with Gasteiger partial charge in [-0.1, -0.05) is 31.5 Å². The lowest BCUT2D eigenvalue weighted by atomic mass is 10.0. The van der Waals surface area contributed by atoms with Crippen molar-refractivity contribution in [3.8, 4) is 0 Å². The molecule has 0 spiro atoms. The zero-order valence-corrected chi connectivity index (χ0v) is 19.0. The Bertz CT molecular complexity index is 665. The molecule has 2 aromatic rings. The Morgan fingerprint density at radius 1 is 1.19 bits per heavy atom. The molecule has 1 unspecified atom stereocenters. The first-order valence-electron chi connectivity index (χ1n) is 9.96. The van der Waals surface area contributed by atoms with Crippen molar-refractivity contribution < 1.29 is 5.11 Å². The first-order chi connectivity index (χ1) is 12.8. The van der Waals surface area contributed by atoms with Gasteiger partial charge in [0.25, 0.3) is 0 Å². The number of aromatic amines is 1. The van der Waals surface area contributed by atoms with Gasteiger partial charge in [0.1, 0.15) is 0 Å². The highest BCUT2D eigenvalue weighted by molar-refractivity contribution is 14.0. The Kier molecular flexibility index (Phi) is 12.2. The lowest BCUT2D eigenvalue weighted by molar-refractivity contribution is 0.253. The van der Waals surface area contributed by atoms with Crippen LogP contribution in [0.1, 0.15) is 45.1 Å². The normalized spacial score (nSPS) is 12.6. The number of benzene rings is 1. The molecular weight excluding hydrogens is 451 g/mol. The summed E-state index contributed by atoms with van der Waals surface area (Å²) in [5.41, 5.74) is 2.58. The van der Waals surface area contributed by atoms with Gasteiger partial charge in [-0.05, 0) is 50.2 Å². The highest BCUT2D eigenvalue weighted by Crippen LogP contribution is 2.18. The Hall–Kier alpha value is -1.28. The number of nitrogens with zero attached hydrogens (tertiary/aromatic N) is 1.